The highest BCUT2D eigenvalue weighted by molar-refractivity contribution is 9.10. The second-order valence-corrected chi connectivity index (χ2v) is 9.67. The number of thiazole rings is 1. The molecule has 0 unspecified atom stereocenters. The number of nitrogens with zero attached hydrogens (tertiary/aromatic N) is 2. The van der Waals surface area contributed by atoms with E-state index in [2.05, 4.69) is 40.1 Å². The molecule has 0 fully saturated rings. The SMILES string of the molecule is CC(C)c1nc(CNC(=O)CN(C)S(=O)(=O)c2ccc(Br)cc2)cs1. The molecule has 0 aliphatic rings. The molecule has 0 saturated heterocycles. The van der Waals surface area contributed by atoms with E-state index >= 15 is 0 Å². The standard InChI is InChI=1S/C16H20BrN3O3S2/c1-11(2)16-19-13(10-24-16)8-18-15(21)9-20(3)25(22,23)14-6-4-12(17)5-7-14/h4-7,10-11H,8-9H2,1-3H3,(H,18,21). The van der Waals surface area contributed by atoms with Crippen molar-refractivity contribution in [2.75, 3.05) is 13.6 Å². The summed E-state index contributed by atoms with van der Waals surface area (Å²) in [7, 11) is -2.32. The van der Waals surface area contributed by atoms with Gasteiger partial charge in [0.15, 0.2) is 0 Å². The maximum atomic E-state index is 12.5. The van der Waals surface area contributed by atoms with Crippen molar-refractivity contribution in [1.29, 1.82) is 0 Å². The Morgan fingerprint density at radius 3 is 2.52 bits per heavy atom. The van der Waals surface area contributed by atoms with E-state index in [0.717, 1.165) is 19.5 Å². The number of benzene rings is 1. The van der Waals surface area contributed by atoms with Crippen molar-refractivity contribution in [3.63, 3.8) is 0 Å². The van der Waals surface area contributed by atoms with Gasteiger partial charge in [0.05, 0.1) is 28.7 Å². The second-order valence-electron chi connectivity index (χ2n) is 5.82. The number of rotatable bonds is 7. The number of aromatic nitrogens is 1. The van der Waals surface area contributed by atoms with Crippen LogP contribution < -0.4 is 5.32 Å². The van der Waals surface area contributed by atoms with Gasteiger partial charge in [-0.05, 0) is 24.3 Å². The lowest BCUT2D eigenvalue weighted by Gasteiger charge is -2.16. The van der Waals surface area contributed by atoms with E-state index < -0.39 is 10.0 Å². The van der Waals surface area contributed by atoms with Crippen LogP contribution in [0.3, 0.4) is 0 Å². The van der Waals surface area contributed by atoms with Gasteiger partial charge in [-0.3, -0.25) is 4.79 Å². The summed E-state index contributed by atoms with van der Waals surface area (Å²) in [6, 6.07) is 6.29. The average Bonchev–Trinajstić information content (AvgIpc) is 3.02. The lowest BCUT2D eigenvalue weighted by Crippen LogP contribution is -2.38. The number of hydrogen-bond acceptors (Lipinski definition) is 5. The minimum atomic E-state index is -3.70. The molecule has 0 bridgehead atoms. The van der Waals surface area contributed by atoms with Crippen LogP contribution in [-0.4, -0.2) is 37.2 Å². The minimum absolute atomic E-state index is 0.145. The first kappa shape index (κ1) is 20.0. The maximum Gasteiger partial charge on any atom is 0.243 e. The fraction of sp³-hybridized carbons (Fsp3) is 0.375. The molecule has 0 aliphatic heterocycles. The van der Waals surface area contributed by atoms with Crippen molar-refractivity contribution >= 4 is 43.2 Å². The number of likely N-dealkylation sites (N-methyl/N-ethyl adjacent to an activating group) is 1. The monoisotopic (exact) mass is 445 g/mol. The van der Waals surface area contributed by atoms with Crippen molar-refractivity contribution in [2.45, 2.75) is 31.2 Å². The molecule has 9 heteroatoms. The molecule has 6 nitrogen and oxygen atoms in total. The van der Waals surface area contributed by atoms with Crippen LogP contribution in [0.2, 0.25) is 0 Å². The number of amides is 1. The normalized spacial score (nSPS) is 11.9. The summed E-state index contributed by atoms with van der Waals surface area (Å²) in [4.78, 5) is 16.6. The molecule has 1 aromatic carbocycles. The fourth-order valence-corrected chi connectivity index (χ4v) is 4.21. The average molecular weight is 446 g/mol. The van der Waals surface area contributed by atoms with Crippen molar-refractivity contribution < 1.29 is 13.2 Å². The summed E-state index contributed by atoms with van der Waals surface area (Å²) >= 11 is 4.82. The number of carbonyl (C=O) groups is 1. The lowest BCUT2D eigenvalue weighted by atomic mass is 10.2. The highest BCUT2D eigenvalue weighted by Crippen LogP contribution is 2.19. The first-order valence-corrected chi connectivity index (χ1v) is 10.7. The van der Waals surface area contributed by atoms with Crippen LogP contribution in [-0.2, 0) is 21.4 Å². The third-order valence-electron chi connectivity index (χ3n) is 3.42. The molecular formula is C16H20BrN3O3S2. The van der Waals surface area contributed by atoms with Crippen LogP contribution in [0, 0.1) is 0 Å². The molecular weight excluding hydrogens is 426 g/mol. The van der Waals surface area contributed by atoms with Crippen LogP contribution in [0.25, 0.3) is 0 Å². The zero-order chi connectivity index (χ0) is 18.6. The summed E-state index contributed by atoms with van der Waals surface area (Å²) < 4.78 is 26.7. The van der Waals surface area contributed by atoms with Gasteiger partial charge in [-0.1, -0.05) is 29.8 Å². The Morgan fingerprint density at radius 1 is 1.32 bits per heavy atom. The van der Waals surface area contributed by atoms with Gasteiger partial charge in [0.1, 0.15) is 0 Å². The summed E-state index contributed by atoms with van der Waals surface area (Å²) in [5.41, 5.74) is 0.778. The molecule has 1 amide bonds. The zero-order valence-corrected chi connectivity index (χ0v) is 17.4. The van der Waals surface area contributed by atoms with Gasteiger partial charge in [-0.2, -0.15) is 4.31 Å². The van der Waals surface area contributed by atoms with Crippen molar-refractivity contribution in [3.05, 3.63) is 44.8 Å². The molecule has 2 aromatic rings. The van der Waals surface area contributed by atoms with Crippen LogP contribution in [0.1, 0.15) is 30.5 Å². The number of halogens is 1. The molecule has 0 spiro atoms. The van der Waals surface area contributed by atoms with Gasteiger partial charge in [0.25, 0.3) is 0 Å². The van der Waals surface area contributed by atoms with Crippen molar-refractivity contribution in [2.24, 2.45) is 0 Å². The quantitative estimate of drug-likeness (QED) is 0.710. The van der Waals surface area contributed by atoms with Gasteiger partial charge in [-0.15, -0.1) is 11.3 Å². The Hall–Kier alpha value is -1.29. The number of nitrogens with one attached hydrogen (secondary N) is 1. The molecule has 1 heterocycles. The second kappa shape index (κ2) is 8.39. The predicted octanol–water partition coefficient (Wildman–Crippen LogP) is 2.97. The van der Waals surface area contributed by atoms with Gasteiger partial charge in [0, 0.05) is 22.8 Å². The Morgan fingerprint density at radius 2 is 1.96 bits per heavy atom. The minimum Gasteiger partial charge on any atom is -0.349 e. The molecule has 0 saturated carbocycles. The van der Waals surface area contributed by atoms with Crippen molar-refractivity contribution in [1.82, 2.24) is 14.6 Å². The van der Waals surface area contributed by atoms with E-state index in [9.17, 15) is 13.2 Å². The Labute approximate surface area is 160 Å². The molecule has 25 heavy (non-hydrogen) atoms. The van der Waals surface area contributed by atoms with Crippen LogP contribution in [0.4, 0.5) is 0 Å². The van der Waals surface area contributed by atoms with Crippen LogP contribution in [0.15, 0.2) is 39.0 Å². The first-order valence-electron chi connectivity index (χ1n) is 7.63. The summed E-state index contributed by atoms with van der Waals surface area (Å²) in [5.74, 6) is -0.0288. The van der Waals surface area contributed by atoms with E-state index in [1.807, 2.05) is 5.38 Å². The lowest BCUT2D eigenvalue weighted by molar-refractivity contribution is -0.121. The fourth-order valence-electron chi connectivity index (χ4n) is 1.99. The smallest absolute Gasteiger partial charge is 0.243 e. The largest absolute Gasteiger partial charge is 0.349 e. The maximum absolute atomic E-state index is 12.5. The molecule has 1 N–H and O–H groups in total. The summed E-state index contributed by atoms with van der Waals surface area (Å²) in [6.07, 6.45) is 0. The van der Waals surface area contributed by atoms with Gasteiger partial charge in [0.2, 0.25) is 15.9 Å². The van der Waals surface area contributed by atoms with E-state index in [1.165, 1.54) is 19.2 Å². The Bertz CT molecular complexity index is 833. The Balaban J connectivity index is 1.93. The number of sulfonamides is 1. The predicted molar refractivity (Wildman–Crippen MR) is 102 cm³/mol. The van der Waals surface area contributed by atoms with Crippen molar-refractivity contribution in [3.8, 4) is 0 Å². The van der Waals surface area contributed by atoms with Gasteiger partial charge >= 0.3 is 0 Å². The molecule has 0 atom stereocenters. The third kappa shape index (κ3) is 5.34. The van der Waals surface area contributed by atoms with Crippen LogP contribution in [0.5, 0.6) is 0 Å². The highest BCUT2D eigenvalue weighted by Gasteiger charge is 2.22. The molecule has 1 aromatic heterocycles. The van der Waals surface area contributed by atoms with Crippen LogP contribution >= 0.6 is 27.3 Å². The Kier molecular flexibility index (Phi) is 6.72. The van der Waals surface area contributed by atoms with E-state index in [4.69, 9.17) is 0 Å². The van der Waals surface area contributed by atoms with E-state index in [-0.39, 0.29) is 23.9 Å². The van der Waals surface area contributed by atoms with Gasteiger partial charge in [-0.25, -0.2) is 13.4 Å². The topological polar surface area (TPSA) is 79.4 Å². The summed E-state index contributed by atoms with van der Waals surface area (Å²) in [6.45, 7) is 4.15. The third-order valence-corrected chi connectivity index (χ3v) is 6.96. The van der Waals surface area contributed by atoms with E-state index in [0.29, 0.717) is 5.92 Å². The van der Waals surface area contributed by atoms with E-state index in [1.54, 1.807) is 23.5 Å². The van der Waals surface area contributed by atoms with Gasteiger partial charge < -0.3 is 5.32 Å². The summed E-state index contributed by atoms with van der Waals surface area (Å²) in [5, 5.41) is 5.62. The zero-order valence-electron chi connectivity index (χ0n) is 14.2. The number of hydrogen-bond donors (Lipinski definition) is 1. The molecule has 136 valence electrons. The molecule has 2 rings (SSSR count). The molecule has 0 radical (unpaired) electrons. The highest BCUT2D eigenvalue weighted by atomic mass is 79.9. The molecule has 0 aliphatic carbocycles. The first-order chi connectivity index (χ1) is 11.7. The number of carbonyl (C=O) groups excluding carboxylic acids is 1.